The number of rotatable bonds is 3. The molecule has 82 valence electrons. The lowest BCUT2D eigenvalue weighted by Gasteiger charge is -2.20. The number of anilines is 1. The Bertz CT molecular complexity index is 352. The van der Waals surface area contributed by atoms with Gasteiger partial charge < -0.3 is 9.64 Å². The van der Waals surface area contributed by atoms with Crippen LogP contribution in [0.25, 0.3) is 0 Å². The van der Waals surface area contributed by atoms with Gasteiger partial charge in [-0.15, -0.1) is 11.6 Å². The molecule has 0 bridgehead atoms. The highest BCUT2D eigenvalue weighted by Gasteiger charge is 2.18. The Hall–Kier alpha value is -1.22. The fourth-order valence-corrected chi connectivity index (χ4v) is 1.44. The van der Waals surface area contributed by atoms with Crippen LogP contribution in [0.2, 0.25) is 0 Å². The molecule has 0 saturated carbocycles. The summed E-state index contributed by atoms with van der Waals surface area (Å²) in [4.78, 5) is 13.1. The van der Waals surface area contributed by atoms with Gasteiger partial charge in [0.25, 0.3) is 0 Å². The second-order valence-corrected chi connectivity index (χ2v) is 3.84. The second kappa shape index (κ2) is 5.03. The molecule has 0 aliphatic carbocycles. The number of amides is 1. The lowest BCUT2D eigenvalue weighted by Crippen LogP contribution is -2.32. The Morgan fingerprint density at radius 1 is 1.47 bits per heavy atom. The minimum absolute atomic E-state index is 0.152. The molecule has 1 unspecified atom stereocenters. The van der Waals surface area contributed by atoms with Crippen molar-refractivity contribution in [1.82, 2.24) is 0 Å². The molecule has 1 aromatic carbocycles. The van der Waals surface area contributed by atoms with Crippen LogP contribution in [0, 0.1) is 0 Å². The van der Waals surface area contributed by atoms with E-state index in [2.05, 4.69) is 0 Å². The SMILES string of the molecule is COc1ccccc1N(C)C(=O)C(C)Cl. The molecule has 1 amide bonds. The first kappa shape index (κ1) is 11.9. The van der Waals surface area contributed by atoms with Crippen molar-refractivity contribution in [2.24, 2.45) is 0 Å². The van der Waals surface area contributed by atoms with Crippen LogP contribution in [0.4, 0.5) is 5.69 Å². The van der Waals surface area contributed by atoms with Gasteiger partial charge in [-0.2, -0.15) is 0 Å². The number of halogens is 1. The Kier molecular flexibility index (Phi) is 3.97. The van der Waals surface area contributed by atoms with Crippen LogP contribution in [0.15, 0.2) is 24.3 Å². The summed E-state index contributed by atoms with van der Waals surface area (Å²) in [5.74, 6) is 0.506. The molecule has 0 aromatic heterocycles. The largest absolute Gasteiger partial charge is 0.495 e. The molecule has 0 N–H and O–H groups in total. The Morgan fingerprint density at radius 2 is 2.07 bits per heavy atom. The highest BCUT2D eigenvalue weighted by molar-refractivity contribution is 6.32. The van der Waals surface area contributed by atoms with Crippen molar-refractivity contribution in [3.8, 4) is 5.75 Å². The molecule has 15 heavy (non-hydrogen) atoms. The molecule has 0 heterocycles. The summed E-state index contributed by atoms with van der Waals surface area (Å²) < 4.78 is 5.16. The minimum Gasteiger partial charge on any atom is -0.495 e. The number of hydrogen-bond acceptors (Lipinski definition) is 2. The number of hydrogen-bond donors (Lipinski definition) is 0. The molecule has 0 radical (unpaired) electrons. The van der Waals surface area contributed by atoms with Crippen LogP contribution in [0.3, 0.4) is 0 Å². The van der Waals surface area contributed by atoms with E-state index in [-0.39, 0.29) is 5.91 Å². The predicted octanol–water partition coefficient (Wildman–Crippen LogP) is 2.29. The van der Waals surface area contributed by atoms with Crippen LogP contribution >= 0.6 is 11.6 Å². The van der Waals surface area contributed by atoms with Gasteiger partial charge in [0.2, 0.25) is 5.91 Å². The standard InChI is InChI=1S/C11H14ClNO2/c1-8(12)11(14)13(2)9-6-4-5-7-10(9)15-3/h4-8H,1-3H3. The van der Waals surface area contributed by atoms with Crippen LogP contribution in [-0.2, 0) is 4.79 Å². The number of carbonyl (C=O) groups is 1. The van der Waals surface area contributed by atoms with Gasteiger partial charge in [-0.25, -0.2) is 0 Å². The Labute approximate surface area is 94.6 Å². The lowest BCUT2D eigenvalue weighted by molar-refractivity contribution is -0.117. The van der Waals surface area contributed by atoms with Crippen molar-refractivity contribution in [1.29, 1.82) is 0 Å². The van der Waals surface area contributed by atoms with Crippen molar-refractivity contribution >= 4 is 23.2 Å². The molecule has 3 nitrogen and oxygen atoms in total. The van der Waals surface area contributed by atoms with E-state index in [1.807, 2.05) is 18.2 Å². The van der Waals surface area contributed by atoms with E-state index in [1.165, 1.54) is 4.90 Å². The number of alkyl halides is 1. The number of benzene rings is 1. The summed E-state index contributed by atoms with van der Waals surface area (Å²) in [6, 6.07) is 7.32. The molecule has 0 aliphatic heterocycles. The third kappa shape index (κ3) is 2.63. The fourth-order valence-electron chi connectivity index (χ4n) is 1.29. The first-order valence-electron chi connectivity index (χ1n) is 4.62. The van der Waals surface area contributed by atoms with Gasteiger partial charge in [0.1, 0.15) is 11.1 Å². The van der Waals surface area contributed by atoms with Crippen molar-refractivity contribution in [3.05, 3.63) is 24.3 Å². The van der Waals surface area contributed by atoms with Gasteiger partial charge in [-0.1, -0.05) is 12.1 Å². The maximum atomic E-state index is 11.6. The average Bonchev–Trinajstić information content (AvgIpc) is 2.26. The van der Waals surface area contributed by atoms with Crippen LogP contribution in [-0.4, -0.2) is 25.4 Å². The zero-order valence-electron chi connectivity index (χ0n) is 9.03. The van der Waals surface area contributed by atoms with E-state index in [4.69, 9.17) is 16.3 Å². The summed E-state index contributed by atoms with van der Waals surface area (Å²) in [5, 5.41) is -0.542. The molecule has 0 fully saturated rings. The van der Waals surface area contributed by atoms with Gasteiger partial charge in [-0.3, -0.25) is 4.79 Å². The average molecular weight is 228 g/mol. The van der Waals surface area contributed by atoms with Gasteiger partial charge in [0.05, 0.1) is 12.8 Å². The first-order chi connectivity index (χ1) is 7.07. The number of carbonyl (C=O) groups excluding carboxylic acids is 1. The minimum atomic E-state index is -0.542. The van der Waals surface area contributed by atoms with E-state index in [9.17, 15) is 4.79 Å². The molecule has 0 aliphatic rings. The van der Waals surface area contributed by atoms with Gasteiger partial charge in [0, 0.05) is 7.05 Å². The van der Waals surface area contributed by atoms with E-state index < -0.39 is 5.38 Å². The van der Waals surface area contributed by atoms with Crippen LogP contribution in [0.1, 0.15) is 6.92 Å². The summed E-state index contributed by atoms with van der Waals surface area (Å²) in [6.45, 7) is 1.65. The molecular formula is C11H14ClNO2. The number of nitrogens with zero attached hydrogens (tertiary/aromatic N) is 1. The second-order valence-electron chi connectivity index (χ2n) is 3.19. The molecule has 1 atom stereocenters. The van der Waals surface area contributed by atoms with Crippen molar-refractivity contribution < 1.29 is 9.53 Å². The first-order valence-corrected chi connectivity index (χ1v) is 5.06. The van der Waals surface area contributed by atoms with Gasteiger partial charge >= 0.3 is 0 Å². The maximum absolute atomic E-state index is 11.6. The number of para-hydroxylation sites is 2. The van der Waals surface area contributed by atoms with E-state index in [0.29, 0.717) is 5.75 Å². The Morgan fingerprint density at radius 3 is 2.60 bits per heavy atom. The Balaban J connectivity index is 3.00. The number of ether oxygens (including phenoxy) is 1. The summed E-state index contributed by atoms with van der Waals surface area (Å²) in [5.41, 5.74) is 0.720. The van der Waals surface area contributed by atoms with Crippen molar-refractivity contribution in [2.75, 3.05) is 19.1 Å². The van der Waals surface area contributed by atoms with Crippen LogP contribution in [0.5, 0.6) is 5.75 Å². The lowest BCUT2D eigenvalue weighted by atomic mass is 10.2. The summed E-state index contributed by atoms with van der Waals surface area (Å²) in [6.07, 6.45) is 0. The number of methoxy groups -OCH3 is 1. The topological polar surface area (TPSA) is 29.5 Å². The molecule has 4 heteroatoms. The normalized spacial score (nSPS) is 12.0. The summed E-state index contributed by atoms with van der Waals surface area (Å²) in [7, 11) is 3.25. The monoisotopic (exact) mass is 227 g/mol. The smallest absolute Gasteiger partial charge is 0.244 e. The van der Waals surface area contributed by atoms with Gasteiger partial charge in [0.15, 0.2) is 0 Å². The molecule has 0 saturated heterocycles. The van der Waals surface area contributed by atoms with Crippen LogP contribution < -0.4 is 9.64 Å². The highest BCUT2D eigenvalue weighted by atomic mass is 35.5. The molecule has 1 rings (SSSR count). The zero-order chi connectivity index (χ0) is 11.4. The van der Waals surface area contributed by atoms with Gasteiger partial charge in [-0.05, 0) is 19.1 Å². The third-order valence-corrected chi connectivity index (χ3v) is 2.30. The molecule has 1 aromatic rings. The molecule has 0 spiro atoms. The van der Waals surface area contributed by atoms with Crippen molar-refractivity contribution in [2.45, 2.75) is 12.3 Å². The summed E-state index contributed by atoms with van der Waals surface area (Å²) >= 11 is 5.74. The zero-order valence-corrected chi connectivity index (χ0v) is 9.78. The van der Waals surface area contributed by atoms with E-state index in [1.54, 1.807) is 27.1 Å². The van der Waals surface area contributed by atoms with E-state index >= 15 is 0 Å². The molecular weight excluding hydrogens is 214 g/mol. The third-order valence-electron chi connectivity index (χ3n) is 2.12. The maximum Gasteiger partial charge on any atom is 0.244 e. The highest BCUT2D eigenvalue weighted by Crippen LogP contribution is 2.27. The fraction of sp³-hybridized carbons (Fsp3) is 0.364. The predicted molar refractivity (Wildman–Crippen MR) is 61.7 cm³/mol. The quantitative estimate of drug-likeness (QED) is 0.742. The van der Waals surface area contributed by atoms with Crippen molar-refractivity contribution in [3.63, 3.8) is 0 Å². The van der Waals surface area contributed by atoms with E-state index in [0.717, 1.165) is 5.69 Å².